The molecule has 0 spiro atoms. The van der Waals surface area contributed by atoms with Crippen LogP contribution in [0.4, 0.5) is 0 Å². The number of methoxy groups -OCH3 is 2. The van der Waals surface area contributed by atoms with E-state index in [4.69, 9.17) is 23.7 Å². The van der Waals surface area contributed by atoms with Crippen LogP contribution >= 0.6 is 0 Å². The quantitative estimate of drug-likeness (QED) is 0.593. The Kier molecular flexibility index (Phi) is 3.35. The van der Waals surface area contributed by atoms with Crippen LogP contribution < -0.4 is 0 Å². The van der Waals surface area contributed by atoms with Crippen LogP contribution in [0.1, 0.15) is 0 Å². The highest BCUT2D eigenvalue weighted by Crippen LogP contribution is 2.29. The largest absolute Gasteiger partial charge is 0.376 e. The second-order valence-electron chi connectivity index (χ2n) is 3.48. The van der Waals surface area contributed by atoms with E-state index in [1.54, 1.807) is 14.2 Å². The van der Waals surface area contributed by atoms with E-state index in [-0.39, 0.29) is 31.2 Å². The van der Waals surface area contributed by atoms with Crippen molar-refractivity contribution in [3.63, 3.8) is 0 Å². The predicted molar refractivity (Wildman–Crippen MR) is 47.0 cm³/mol. The molecule has 0 radical (unpaired) electrons. The lowest BCUT2D eigenvalue weighted by Gasteiger charge is -2.15. The minimum atomic E-state index is -0.0277. The van der Waals surface area contributed by atoms with Crippen molar-refractivity contribution in [1.29, 1.82) is 0 Å². The molecule has 5 nitrogen and oxygen atoms in total. The van der Waals surface area contributed by atoms with Crippen molar-refractivity contribution in [2.24, 2.45) is 0 Å². The van der Waals surface area contributed by atoms with Crippen molar-refractivity contribution < 1.29 is 23.7 Å². The summed E-state index contributed by atoms with van der Waals surface area (Å²) in [6.07, 6.45) is 0.0215. The van der Waals surface area contributed by atoms with Gasteiger partial charge in [-0.2, -0.15) is 0 Å². The molecular formula is C9H16O5. The maximum atomic E-state index is 5.56. The van der Waals surface area contributed by atoms with Crippen molar-refractivity contribution >= 4 is 0 Å². The molecule has 0 amide bonds. The van der Waals surface area contributed by atoms with E-state index in [1.807, 2.05) is 0 Å². The van der Waals surface area contributed by atoms with Crippen LogP contribution in [-0.2, 0) is 23.7 Å². The van der Waals surface area contributed by atoms with Gasteiger partial charge in [0.25, 0.3) is 0 Å². The Morgan fingerprint density at radius 2 is 1.71 bits per heavy atom. The minimum absolute atomic E-state index is 0.00454. The molecule has 2 unspecified atom stereocenters. The fourth-order valence-corrected chi connectivity index (χ4v) is 1.93. The summed E-state index contributed by atoms with van der Waals surface area (Å²) in [7, 11) is 3.27. The first kappa shape index (κ1) is 10.3. The summed E-state index contributed by atoms with van der Waals surface area (Å²) < 4.78 is 26.6. The first-order valence-corrected chi connectivity index (χ1v) is 4.73. The van der Waals surface area contributed by atoms with Gasteiger partial charge < -0.3 is 23.7 Å². The molecule has 14 heavy (non-hydrogen) atoms. The Hall–Kier alpha value is -0.200. The molecule has 2 aliphatic heterocycles. The highest BCUT2D eigenvalue weighted by atomic mass is 16.7. The van der Waals surface area contributed by atoms with Gasteiger partial charge in [0.05, 0.1) is 13.2 Å². The van der Waals surface area contributed by atoms with Crippen molar-refractivity contribution in [3.05, 3.63) is 0 Å². The van der Waals surface area contributed by atoms with E-state index in [0.29, 0.717) is 13.2 Å². The van der Waals surface area contributed by atoms with Gasteiger partial charge in [-0.15, -0.1) is 0 Å². The minimum Gasteiger partial charge on any atom is -0.376 e. The molecule has 5 heteroatoms. The lowest BCUT2D eigenvalue weighted by atomic mass is 10.1. The molecule has 0 saturated carbocycles. The lowest BCUT2D eigenvalue weighted by molar-refractivity contribution is -0.107. The van der Waals surface area contributed by atoms with Crippen molar-refractivity contribution in [2.75, 3.05) is 34.2 Å². The van der Waals surface area contributed by atoms with E-state index in [1.165, 1.54) is 0 Å². The molecule has 0 bridgehead atoms. The summed E-state index contributed by atoms with van der Waals surface area (Å²) in [5.41, 5.74) is 0. The lowest BCUT2D eigenvalue weighted by Crippen LogP contribution is -2.33. The molecule has 2 aliphatic rings. The molecule has 2 rings (SSSR count). The number of ether oxygens (including phenoxy) is 5. The summed E-state index contributed by atoms with van der Waals surface area (Å²) in [6.45, 7) is 1.41. The SMILES string of the molecule is COCO[C@@H]1COC2C1OC[C@@H]2OC. The van der Waals surface area contributed by atoms with Crippen LogP contribution in [0.25, 0.3) is 0 Å². The van der Waals surface area contributed by atoms with Gasteiger partial charge in [0.2, 0.25) is 0 Å². The molecule has 2 saturated heterocycles. The monoisotopic (exact) mass is 204 g/mol. The molecular weight excluding hydrogens is 188 g/mol. The maximum absolute atomic E-state index is 5.56. The molecule has 82 valence electrons. The highest BCUT2D eigenvalue weighted by molar-refractivity contribution is 4.95. The first-order valence-electron chi connectivity index (χ1n) is 4.73. The Bertz CT molecular complexity index is 186. The average molecular weight is 204 g/mol. The smallest absolute Gasteiger partial charge is 0.146 e. The van der Waals surface area contributed by atoms with Gasteiger partial charge in [-0.05, 0) is 0 Å². The highest BCUT2D eigenvalue weighted by Gasteiger charge is 2.48. The van der Waals surface area contributed by atoms with Gasteiger partial charge in [0.1, 0.15) is 31.2 Å². The normalized spacial score (nSPS) is 41.6. The molecule has 0 N–H and O–H groups in total. The Morgan fingerprint density at radius 3 is 2.36 bits per heavy atom. The number of rotatable bonds is 4. The maximum Gasteiger partial charge on any atom is 0.146 e. The average Bonchev–Trinajstić information content (AvgIpc) is 2.75. The van der Waals surface area contributed by atoms with E-state index >= 15 is 0 Å². The zero-order chi connectivity index (χ0) is 9.97. The van der Waals surface area contributed by atoms with Gasteiger partial charge >= 0.3 is 0 Å². The summed E-state index contributed by atoms with van der Waals surface area (Å²) in [4.78, 5) is 0. The Balaban J connectivity index is 1.87. The first-order chi connectivity index (χ1) is 6.86. The second-order valence-corrected chi connectivity index (χ2v) is 3.48. The fraction of sp³-hybridized carbons (Fsp3) is 1.00. The number of hydrogen-bond acceptors (Lipinski definition) is 5. The van der Waals surface area contributed by atoms with Crippen LogP contribution in [-0.4, -0.2) is 58.6 Å². The Morgan fingerprint density at radius 1 is 1.07 bits per heavy atom. The van der Waals surface area contributed by atoms with Gasteiger partial charge in [0.15, 0.2) is 0 Å². The molecule has 2 heterocycles. The molecule has 0 aromatic carbocycles. The summed E-state index contributed by atoms with van der Waals surface area (Å²) in [6, 6.07) is 0. The summed E-state index contributed by atoms with van der Waals surface area (Å²) in [5, 5.41) is 0. The standard InChI is InChI=1S/C9H16O5/c1-10-5-14-7-4-13-8-6(11-2)3-12-9(7)8/h6-9H,3-5H2,1-2H3/t6-,7+,8?,9?/m0/s1. The van der Waals surface area contributed by atoms with E-state index < -0.39 is 0 Å². The third-order valence-electron chi connectivity index (χ3n) is 2.67. The van der Waals surface area contributed by atoms with Gasteiger partial charge in [0, 0.05) is 14.2 Å². The van der Waals surface area contributed by atoms with Crippen LogP contribution in [0.15, 0.2) is 0 Å². The van der Waals surface area contributed by atoms with Crippen molar-refractivity contribution in [1.82, 2.24) is 0 Å². The van der Waals surface area contributed by atoms with Crippen LogP contribution in [0.3, 0.4) is 0 Å². The zero-order valence-corrected chi connectivity index (χ0v) is 8.47. The molecule has 0 aromatic heterocycles. The van der Waals surface area contributed by atoms with Crippen LogP contribution in [0, 0.1) is 0 Å². The molecule has 0 aromatic rings. The van der Waals surface area contributed by atoms with Gasteiger partial charge in [-0.25, -0.2) is 0 Å². The fourth-order valence-electron chi connectivity index (χ4n) is 1.93. The third-order valence-corrected chi connectivity index (χ3v) is 2.67. The molecule has 0 aliphatic carbocycles. The van der Waals surface area contributed by atoms with Crippen molar-refractivity contribution in [3.8, 4) is 0 Å². The number of fused-ring (bicyclic) bond motifs is 1. The topological polar surface area (TPSA) is 46.2 Å². The van der Waals surface area contributed by atoms with Gasteiger partial charge in [-0.3, -0.25) is 0 Å². The zero-order valence-electron chi connectivity index (χ0n) is 8.47. The van der Waals surface area contributed by atoms with E-state index in [9.17, 15) is 0 Å². The van der Waals surface area contributed by atoms with E-state index in [2.05, 4.69) is 0 Å². The van der Waals surface area contributed by atoms with Crippen LogP contribution in [0.2, 0.25) is 0 Å². The van der Waals surface area contributed by atoms with Crippen LogP contribution in [0.5, 0.6) is 0 Å². The summed E-state index contributed by atoms with van der Waals surface area (Å²) >= 11 is 0. The van der Waals surface area contributed by atoms with Gasteiger partial charge in [-0.1, -0.05) is 0 Å². The molecule has 2 fully saturated rings. The Labute approximate surface area is 83.2 Å². The third kappa shape index (κ3) is 1.78. The number of hydrogen-bond donors (Lipinski definition) is 0. The second kappa shape index (κ2) is 4.55. The summed E-state index contributed by atoms with van der Waals surface area (Å²) in [5.74, 6) is 0. The predicted octanol–water partition coefficient (Wildman–Crippen LogP) is -0.212. The van der Waals surface area contributed by atoms with E-state index in [0.717, 1.165) is 0 Å². The van der Waals surface area contributed by atoms with Crippen molar-refractivity contribution in [2.45, 2.75) is 24.4 Å². The molecule has 4 atom stereocenters.